The molecule has 0 N–H and O–H groups in total. The maximum atomic E-state index is 13.3. The SMILES string of the molecule is Cc1nc(C2CCCCN2S(=O)(=O)c2cn(C)cn2)nc2c1CC(=O)N2CC1CC1. The molecule has 2 aromatic heterocycles. The van der Waals surface area contributed by atoms with Crippen molar-refractivity contribution in [1.82, 2.24) is 23.8 Å². The molecule has 1 saturated carbocycles. The average Bonchev–Trinajstić information content (AvgIpc) is 3.34. The highest BCUT2D eigenvalue weighted by Gasteiger charge is 2.40. The Bertz CT molecular complexity index is 1110. The van der Waals surface area contributed by atoms with E-state index in [0.29, 0.717) is 43.5 Å². The summed E-state index contributed by atoms with van der Waals surface area (Å²) in [5.41, 5.74) is 1.64. The molecule has 4 heterocycles. The van der Waals surface area contributed by atoms with Crippen LogP contribution in [0, 0.1) is 12.8 Å². The second-order valence-electron chi connectivity index (χ2n) is 8.60. The van der Waals surface area contributed by atoms with Crippen molar-refractivity contribution >= 4 is 21.7 Å². The highest BCUT2D eigenvalue weighted by molar-refractivity contribution is 7.89. The Hall–Kier alpha value is -2.33. The second kappa shape index (κ2) is 7.12. The van der Waals surface area contributed by atoms with Gasteiger partial charge in [-0.15, -0.1) is 0 Å². The number of amides is 1. The number of aromatic nitrogens is 4. The van der Waals surface area contributed by atoms with Crippen molar-refractivity contribution < 1.29 is 13.2 Å². The molecule has 9 nitrogen and oxygen atoms in total. The van der Waals surface area contributed by atoms with Crippen molar-refractivity contribution in [3.05, 3.63) is 29.6 Å². The van der Waals surface area contributed by atoms with E-state index in [0.717, 1.165) is 36.9 Å². The molecule has 1 saturated heterocycles. The molecule has 0 bridgehead atoms. The van der Waals surface area contributed by atoms with Crippen LogP contribution in [0.15, 0.2) is 17.6 Å². The summed E-state index contributed by atoms with van der Waals surface area (Å²) in [7, 11) is -2.01. The van der Waals surface area contributed by atoms with E-state index in [9.17, 15) is 13.2 Å². The van der Waals surface area contributed by atoms with Crippen LogP contribution in [0.25, 0.3) is 0 Å². The van der Waals surface area contributed by atoms with Crippen LogP contribution in [0.2, 0.25) is 0 Å². The third kappa shape index (κ3) is 3.31. The molecule has 3 aliphatic rings. The number of carbonyl (C=O) groups excluding carboxylic acids is 1. The quantitative estimate of drug-likeness (QED) is 0.716. The molecule has 1 aliphatic carbocycles. The summed E-state index contributed by atoms with van der Waals surface area (Å²) in [5, 5.41) is 0.0420. The van der Waals surface area contributed by atoms with Crippen LogP contribution in [0.4, 0.5) is 5.82 Å². The van der Waals surface area contributed by atoms with Gasteiger partial charge in [-0.25, -0.2) is 23.4 Å². The van der Waals surface area contributed by atoms with Gasteiger partial charge in [-0.1, -0.05) is 6.42 Å². The van der Waals surface area contributed by atoms with Gasteiger partial charge in [0.25, 0.3) is 10.0 Å². The van der Waals surface area contributed by atoms with Crippen molar-refractivity contribution in [3.8, 4) is 0 Å². The van der Waals surface area contributed by atoms with E-state index in [-0.39, 0.29) is 10.9 Å². The zero-order valence-electron chi connectivity index (χ0n) is 17.3. The first-order chi connectivity index (χ1) is 14.3. The topological polar surface area (TPSA) is 101 Å². The lowest BCUT2D eigenvalue weighted by atomic mass is 10.0. The van der Waals surface area contributed by atoms with Crippen molar-refractivity contribution in [1.29, 1.82) is 0 Å². The van der Waals surface area contributed by atoms with E-state index >= 15 is 0 Å². The minimum Gasteiger partial charge on any atom is -0.339 e. The minimum absolute atomic E-state index is 0.0420. The Morgan fingerprint density at radius 3 is 2.67 bits per heavy atom. The summed E-state index contributed by atoms with van der Waals surface area (Å²) in [5.74, 6) is 1.78. The standard InChI is InChI=1S/C20H26N6O3S/c1-13-15-9-18(27)25(10-14-6-7-14)20(15)23-19(22-13)16-5-3-4-8-26(16)30(28,29)17-11-24(2)12-21-17/h11-12,14,16H,3-10H2,1-2H3. The summed E-state index contributed by atoms with van der Waals surface area (Å²) >= 11 is 0. The van der Waals surface area contributed by atoms with Gasteiger partial charge in [0.05, 0.1) is 18.8 Å². The third-order valence-corrected chi connectivity index (χ3v) is 8.03. The van der Waals surface area contributed by atoms with E-state index < -0.39 is 16.1 Å². The number of anilines is 1. The predicted molar refractivity (Wildman–Crippen MR) is 109 cm³/mol. The van der Waals surface area contributed by atoms with Gasteiger partial charge in [-0.05, 0) is 38.5 Å². The van der Waals surface area contributed by atoms with Crippen LogP contribution >= 0.6 is 0 Å². The van der Waals surface area contributed by atoms with E-state index in [2.05, 4.69) is 9.97 Å². The minimum atomic E-state index is -3.76. The Morgan fingerprint density at radius 1 is 1.17 bits per heavy atom. The zero-order chi connectivity index (χ0) is 21.0. The molecule has 2 aliphatic heterocycles. The normalized spacial score (nSPS) is 22.5. The molecular weight excluding hydrogens is 404 g/mol. The number of rotatable bonds is 5. The lowest BCUT2D eigenvalue weighted by Crippen LogP contribution is -2.39. The van der Waals surface area contributed by atoms with Crippen molar-refractivity contribution in [2.24, 2.45) is 13.0 Å². The third-order valence-electron chi connectivity index (χ3n) is 6.24. The van der Waals surface area contributed by atoms with Crippen LogP contribution in [-0.4, -0.2) is 51.2 Å². The monoisotopic (exact) mass is 430 g/mol. The molecule has 1 atom stereocenters. The predicted octanol–water partition coefficient (Wildman–Crippen LogP) is 1.73. The molecule has 2 fully saturated rings. The fourth-order valence-corrected chi connectivity index (χ4v) is 6.01. The van der Waals surface area contributed by atoms with Gasteiger partial charge in [0.2, 0.25) is 5.91 Å². The first-order valence-electron chi connectivity index (χ1n) is 10.5. The fraction of sp³-hybridized carbons (Fsp3) is 0.600. The number of piperidine rings is 1. The van der Waals surface area contributed by atoms with E-state index in [1.165, 1.54) is 16.8 Å². The van der Waals surface area contributed by atoms with Gasteiger partial charge in [0.1, 0.15) is 11.6 Å². The Balaban J connectivity index is 1.53. The van der Waals surface area contributed by atoms with Gasteiger partial charge in [0, 0.05) is 37.6 Å². The number of hydrogen-bond donors (Lipinski definition) is 0. The van der Waals surface area contributed by atoms with Gasteiger partial charge < -0.3 is 4.57 Å². The number of sulfonamides is 1. The molecule has 0 aromatic carbocycles. The second-order valence-corrected chi connectivity index (χ2v) is 10.4. The summed E-state index contributed by atoms with van der Waals surface area (Å²) in [6.45, 7) is 2.99. The zero-order valence-corrected chi connectivity index (χ0v) is 18.1. The van der Waals surface area contributed by atoms with Crippen LogP contribution in [-0.2, 0) is 28.3 Å². The number of imidazole rings is 1. The Morgan fingerprint density at radius 2 is 1.97 bits per heavy atom. The van der Waals surface area contributed by atoms with E-state index in [1.54, 1.807) is 16.5 Å². The molecule has 2 aromatic rings. The number of carbonyl (C=O) groups is 1. The van der Waals surface area contributed by atoms with Gasteiger partial charge in [0.15, 0.2) is 5.03 Å². The van der Waals surface area contributed by atoms with Crippen molar-refractivity contribution in [2.45, 2.75) is 56.5 Å². The maximum Gasteiger partial charge on any atom is 0.262 e. The van der Waals surface area contributed by atoms with Gasteiger partial charge in [-0.3, -0.25) is 9.69 Å². The lowest BCUT2D eigenvalue weighted by molar-refractivity contribution is -0.117. The van der Waals surface area contributed by atoms with Crippen molar-refractivity contribution in [3.63, 3.8) is 0 Å². The summed E-state index contributed by atoms with van der Waals surface area (Å²) in [4.78, 5) is 27.9. The summed E-state index contributed by atoms with van der Waals surface area (Å²) in [6, 6.07) is -0.451. The largest absolute Gasteiger partial charge is 0.339 e. The van der Waals surface area contributed by atoms with Gasteiger partial charge >= 0.3 is 0 Å². The maximum absolute atomic E-state index is 13.3. The molecule has 1 unspecified atom stereocenters. The van der Waals surface area contributed by atoms with Crippen LogP contribution < -0.4 is 4.90 Å². The Kier molecular flexibility index (Phi) is 4.66. The molecule has 30 heavy (non-hydrogen) atoms. The number of fused-ring (bicyclic) bond motifs is 1. The van der Waals surface area contributed by atoms with Crippen LogP contribution in [0.3, 0.4) is 0 Å². The molecule has 1 amide bonds. The van der Waals surface area contributed by atoms with E-state index in [1.807, 2.05) is 6.92 Å². The smallest absolute Gasteiger partial charge is 0.262 e. The number of aryl methyl sites for hydroxylation is 2. The van der Waals surface area contributed by atoms with E-state index in [4.69, 9.17) is 4.98 Å². The highest BCUT2D eigenvalue weighted by Crippen LogP contribution is 2.38. The lowest BCUT2D eigenvalue weighted by Gasteiger charge is -2.33. The summed E-state index contributed by atoms with van der Waals surface area (Å²) in [6.07, 6.45) is 7.98. The first-order valence-corrected chi connectivity index (χ1v) is 12.0. The molecule has 0 spiro atoms. The van der Waals surface area contributed by atoms with Crippen LogP contribution in [0.1, 0.15) is 55.2 Å². The van der Waals surface area contributed by atoms with Crippen LogP contribution in [0.5, 0.6) is 0 Å². The van der Waals surface area contributed by atoms with Gasteiger partial charge in [-0.2, -0.15) is 4.31 Å². The average molecular weight is 431 g/mol. The Labute approximate surface area is 176 Å². The summed E-state index contributed by atoms with van der Waals surface area (Å²) < 4.78 is 29.7. The fourth-order valence-electron chi connectivity index (χ4n) is 4.39. The number of hydrogen-bond acceptors (Lipinski definition) is 6. The molecule has 10 heteroatoms. The van der Waals surface area contributed by atoms with Crippen molar-refractivity contribution in [2.75, 3.05) is 18.0 Å². The number of nitrogens with zero attached hydrogens (tertiary/aromatic N) is 6. The molecule has 5 rings (SSSR count). The molecular formula is C20H26N6O3S. The first kappa shape index (κ1) is 19.6. The molecule has 0 radical (unpaired) electrons. The highest BCUT2D eigenvalue weighted by atomic mass is 32.2. The molecule has 160 valence electrons.